The number of hydrazine groups is 1. The van der Waals surface area contributed by atoms with Crippen LogP contribution in [0.15, 0.2) is 18.2 Å². The molecule has 0 radical (unpaired) electrons. The van der Waals surface area contributed by atoms with Gasteiger partial charge >= 0.3 is 0 Å². The molecule has 1 aromatic carbocycles. The van der Waals surface area contributed by atoms with Gasteiger partial charge in [0.2, 0.25) is 5.91 Å². The molecule has 1 unspecified atom stereocenters. The van der Waals surface area contributed by atoms with Crippen LogP contribution < -0.4 is 20.5 Å². The molecular weight excluding hydrogens is 282 g/mol. The lowest BCUT2D eigenvalue weighted by atomic mass is 10.2. The van der Waals surface area contributed by atoms with E-state index in [1.54, 1.807) is 19.2 Å². The highest BCUT2D eigenvalue weighted by molar-refractivity contribution is 6.30. The van der Waals surface area contributed by atoms with E-state index in [0.717, 1.165) is 16.2 Å². The summed E-state index contributed by atoms with van der Waals surface area (Å²) in [6.45, 7) is 2.13. The van der Waals surface area contributed by atoms with Crippen molar-refractivity contribution in [2.75, 3.05) is 20.7 Å². The Balaban J connectivity index is 2.57. The van der Waals surface area contributed by atoms with Gasteiger partial charge < -0.3 is 9.64 Å². The summed E-state index contributed by atoms with van der Waals surface area (Å²) < 4.78 is 5.26. The minimum absolute atomic E-state index is 0.218. The zero-order valence-electron chi connectivity index (χ0n) is 11.7. The Morgan fingerprint density at radius 3 is 2.65 bits per heavy atom. The number of halogens is 1. The van der Waals surface area contributed by atoms with Gasteiger partial charge in [-0.2, -0.15) is 0 Å². The van der Waals surface area contributed by atoms with Crippen LogP contribution in [0.3, 0.4) is 0 Å². The quantitative estimate of drug-likeness (QED) is 0.644. The van der Waals surface area contributed by atoms with Gasteiger partial charge in [0.05, 0.1) is 14.2 Å². The summed E-state index contributed by atoms with van der Waals surface area (Å²) >= 11 is 5.96. The molecule has 1 rings (SSSR count). The second kappa shape index (κ2) is 7.72. The van der Waals surface area contributed by atoms with Crippen LogP contribution >= 0.6 is 11.6 Å². The van der Waals surface area contributed by atoms with E-state index in [0.29, 0.717) is 11.6 Å². The van der Waals surface area contributed by atoms with Crippen molar-refractivity contribution in [2.24, 2.45) is 0 Å². The second-order valence-electron chi connectivity index (χ2n) is 4.50. The number of likely N-dealkylation sites (N-methyl/N-ethyl adjacent to an activating group) is 1. The van der Waals surface area contributed by atoms with E-state index < -0.39 is 0 Å². The maximum absolute atomic E-state index is 11.6. The minimum atomic E-state index is -0.312. The number of amides is 2. The molecule has 7 heteroatoms. The van der Waals surface area contributed by atoms with Crippen molar-refractivity contribution >= 4 is 23.4 Å². The molecule has 0 saturated carbocycles. The summed E-state index contributed by atoms with van der Waals surface area (Å²) in [6, 6.07) is 5.36. The molecule has 6 nitrogen and oxygen atoms in total. The first-order chi connectivity index (χ1) is 9.42. The normalized spacial score (nSPS) is 11.6. The van der Waals surface area contributed by atoms with Crippen LogP contribution in [-0.2, 0) is 16.1 Å². The second-order valence-corrected chi connectivity index (χ2v) is 4.93. The van der Waals surface area contributed by atoms with Crippen molar-refractivity contribution in [2.45, 2.75) is 13.5 Å². The molecule has 0 saturated heterocycles. The van der Waals surface area contributed by atoms with Crippen molar-refractivity contribution in [1.29, 1.82) is 0 Å². The van der Waals surface area contributed by atoms with E-state index >= 15 is 0 Å². The summed E-state index contributed by atoms with van der Waals surface area (Å²) in [5.74, 6) is 0.155. The van der Waals surface area contributed by atoms with Crippen LogP contribution in [-0.4, -0.2) is 32.5 Å². The molecule has 1 aromatic rings. The Kier molecular flexibility index (Phi) is 6.27. The Labute approximate surface area is 123 Å². The van der Waals surface area contributed by atoms with Crippen molar-refractivity contribution in [3.63, 3.8) is 0 Å². The molecule has 0 aliphatic rings. The lowest BCUT2D eigenvalue weighted by Gasteiger charge is -2.16. The van der Waals surface area contributed by atoms with E-state index in [1.165, 1.54) is 6.92 Å². The monoisotopic (exact) mass is 300 g/mol. The number of hydrogen-bond acceptors (Lipinski definition) is 3. The Morgan fingerprint density at radius 2 is 2.05 bits per heavy atom. The Morgan fingerprint density at radius 1 is 1.35 bits per heavy atom. The molecule has 0 aliphatic carbocycles. The van der Waals surface area contributed by atoms with Crippen LogP contribution in [0.1, 0.15) is 12.5 Å². The summed E-state index contributed by atoms with van der Waals surface area (Å²) in [5, 5.41) is 0.622. The highest BCUT2D eigenvalue weighted by atomic mass is 35.5. The molecule has 0 spiro atoms. The van der Waals surface area contributed by atoms with Gasteiger partial charge in [-0.05, 0) is 18.2 Å². The molecule has 2 amide bonds. The van der Waals surface area contributed by atoms with E-state index in [4.69, 9.17) is 16.3 Å². The van der Waals surface area contributed by atoms with Gasteiger partial charge in [-0.1, -0.05) is 11.6 Å². The maximum atomic E-state index is 11.6. The first kappa shape index (κ1) is 16.3. The number of nitrogens with one attached hydrogen (secondary N) is 3. The molecule has 0 aromatic heterocycles. The van der Waals surface area contributed by atoms with E-state index in [-0.39, 0.29) is 18.4 Å². The predicted molar refractivity (Wildman–Crippen MR) is 75.4 cm³/mol. The van der Waals surface area contributed by atoms with Gasteiger partial charge in [-0.25, -0.2) is 0 Å². The lowest BCUT2D eigenvalue weighted by Crippen LogP contribution is -3.09. The summed E-state index contributed by atoms with van der Waals surface area (Å²) in [5.41, 5.74) is 5.49. The topological polar surface area (TPSA) is 71.9 Å². The first-order valence-corrected chi connectivity index (χ1v) is 6.49. The molecule has 3 N–H and O–H groups in total. The van der Waals surface area contributed by atoms with E-state index in [2.05, 4.69) is 10.9 Å². The summed E-state index contributed by atoms with van der Waals surface area (Å²) in [6.07, 6.45) is 0. The standard InChI is InChI=1S/C13H18ClN3O3/c1-9(18)15-16-13(19)8-17(2)7-10-6-11(14)4-5-12(10)20-3/h4-6H,7-8H2,1-3H3,(H,15,18)(H,16,19)/p+1. The van der Waals surface area contributed by atoms with Gasteiger partial charge in [0, 0.05) is 17.5 Å². The lowest BCUT2D eigenvalue weighted by molar-refractivity contribution is -0.885. The van der Waals surface area contributed by atoms with Crippen molar-refractivity contribution in [1.82, 2.24) is 10.9 Å². The zero-order valence-corrected chi connectivity index (χ0v) is 12.5. The van der Waals surface area contributed by atoms with Gasteiger partial charge in [0.1, 0.15) is 12.3 Å². The molecular formula is C13H19ClN3O3+. The minimum Gasteiger partial charge on any atom is -0.496 e. The van der Waals surface area contributed by atoms with E-state index in [9.17, 15) is 9.59 Å². The van der Waals surface area contributed by atoms with Gasteiger partial charge in [-0.15, -0.1) is 0 Å². The van der Waals surface area contributed by atoms with Gasteiger partial charge in [0.15, 0.2) is 6.54 Å². The fourth-order valence-electron chi connectivity index (χ4n) is 1.75. The van der Waals surface area contributed by atoms with Crippen LogP contribution in [0.4, 0.5) is 0 Å². The number of ether oxygens (including phenoxy) is 1. The van der Waals surface area contributed by atoms with E-state index in [1.807, 2.05) is 13.1 Å². The molecule has 0 bridgehead atoms. The fourth-order valence-corrected chi connectivity index (χ4v) is 1.94. The third kappa shape index (κ3) is 5.46. The molecule has 0 heterocycles. The van der Waals surface area contributed by atoms with Crippen molar-refractivity contribution in [3.8, 4) is 5.75 Å². The number of quaternary nitrogens is 1. The SMILES string of the molecule is COc1ccc(Cl)cc1C[NH+](C)CC(=O)NNC(C)=O. The smallest absolute Gasteiger partial charge is 0.293 e. The summed E-state index contributed by atoms with van der Waals surface area (Å²) in [4.78, 5) is 23.2. The first-order valence-electron chi connectivity index (χ1n) is 6.11. The van der Waals surface area contributed by atoms with Crippen LogP contribution in [0.25, 0.3) is 0 Å². The van der Waals surface area contributed by atoms with Crippen molar-refractivity contribution in [3.05, 3.63) is 28.8 Å². The number of methoxy groups -OCH3 is 1. The average molecular weight is 301 g/mol. The average Bonchev–Trinajstić information content (AvgIpc) is 2.36. The van der Waals surface area contributed by atoms with Crippen LogP contribution in [0, 0.1) is 0 Å². The highest BCUT2D eigenvalue weighted by Crippen LogP contribution is 2.21. The third-order valence-electron chi connectivity index (χ3n) is 2.57. The summed E-state index contributed by atoms with van der Waals surface area (Å²) in [7, 11) is 3.46. The van der Waals surface area contributed by atoms with Crippen LogP contribution in [0.5, 0.6) is 5.75 Å². The number of carbonyl (C=O) groups excluding carboxylic acids is 2. The van der Waals surface area contributed by atoms with Crippen molar-refractivity contribution < 1.29 is 19.2 Å². The fraction of sp³-hybridized carbons (Fsp3) is 0.385. The zero-order chi connectivity index (χ0) is 15.1. The third-order valence-corrected chi connectivity index (χ3v) is 2.81. The maximum Gasteiger partial charge on any atom is 0.293 e. The highest BCUT2D eigenvalue weighted by Gasteiger charge is 2.13. The number of hydrogen-bond donors (Lipinski definition) is 3. The number of rotatable bonds is 5. The predicted octanol–water partition coefficient (Wildman–Crippen LogP) is -0.469. The Bertz CT molecular complexity index is 494. The number of benzene rings is 1. The molecule has 110 valence electrons. The molecule has 1 atom stereocenters. The molecule has 0 fully saturated rings. The number of carbonyl (C=O) groups is 2. The largest absolute Gasteiger partial charge is 0.496 e. The van der Waals surface area contributed by atoms with Gasteiger partial charge in [0.25, 0.3) is 5.91 Å². The molecule has 0 aliphatic heterocycles. The van der Waals surface area contributed by atoms with Gasteiger partial charge in [-0.3, -0.25) is 20.4 Å². The molecule has 20 heavy (non-hydrogen) atoms. The van der Waals surface area contributed by atoms with Crippen LogP contribution in [0.2, 0.25) is 5.02 Å². The Hall–Kier alpha value is -1.79.